The Labute approximate surface area is 98.8 Å². The van der Waals surface area contributed by atoms with Crippen LogP contribution in [0.1, 0.15) is 25.7 Å². The fourth-order valence-corrected chi connectivity index (χ4v) is 3.18. The van der Waals surface area contributed by atoms with Crippen molar-refractivity contribution in [2.75, 3.05) is 5.75 Å². The Balaban J connectivity index is 1.80. The van der Waals surface area contributed by atoms with Crippen molar-refractivity contribution >= 4 is 11.8 Å². The molecule has 0 aliphatic heterocycles. The Kier molecular flexibility index (Phi) is 3.70. The summed E-state index contributed by atoms with van der Waals surface area (Å²) in [5.41, 5.74) is 5.85. The summed E-state index contributed by atoms with van der Waals surface area (Å²) in [7, 11) is 1.73. The highest BCUT2D eigenvalue weighted by Gasteiger charge is 2.23. The van der Waals surface area contributed by atoms with E-state index in [1.54, 1.807) is 23.4 Å². The Morgan fingerprint density at radius 2 is 2.44 bits per heavy atom. The highest BCUT2D eigenvalue weighted by Crippen LogP contribution is 2.28. The van der Waals surface area contributed by atoms with Gasteiger partial charge in [0.1, 0.15) is 0 Å². The Morgan fingerprint density at radius 3 is 3.00 bits per heavy atom. The zero-order valence-electron chi connectivity index (χ0n) is 9.48. The molecule has 16 heavy (non-hydrogen) atoms. The minimum Gasteiger partial charge on any atom is -0.327 e. The van der Waals surface area contributed by atoms with Crippen LogP contribution in [0.15, 0.2) is 9.95 Å². The van der Waals surface area contributed by atoms with Gasteiger partial charge in [0.15, 0.2) is 5.16 Å². The van der Waals surface area contributed by atoms with Crippen LogP contribution in [0.2, 0.25) is 0 Å². The molecule has 1 aromatic heterocycles. The number of aromatic amines is 1. The summed E-state index contributed by atoms with van der Waals surface area (Å²) in [6, 6.07) is 0.378. The van der Waals surface area contributed by atoms with Gasteiger partial charge in [-0.25, -0.2) is 9.89 Å². The zero-order chi connectivity index (χ0) is 11.5. The van der Waals surface area contributed by atoms with Gasteiger partial charge >= 0.3 is 5.69 Å². The number of hydrogen-bond donors (Lipinski definition) is 2. The van der Waals surface area contributed by atoms with E-state index in [2.05, 4.69) is 10.2 Å². The van der Waals surface area contributed by atoms with Crippen molar-refractivity contribution in [3.05, 3.63) is 10.5 Å². The fourth-order valence-electron chi connectivity index (χ4n) is 2.19. The normalized spacial score (nSPS) is 25.1. The van der Waals surface area contributed by atoms with Crippen molar-refractivity contribution in [1.82, 2.24) is 14.8 Å². The molecular weight excluding hydrogens is 224 g/mol. The standard InChI is InChI=1S/C10H18N4OS/c1-14-9(15)12-13-10(14)16-6-5-7-3-2-4-8(7)11/h7-8H,2-6,11H2,1H3,(H,12,15). The van der Waals surface area contributed by atoms with Crippen molar-refractivity contribution in [3.63, 3.8) is 0 Å². The van der Waals surface area contributed by atoms with Crippen LogP contribution in [-0.4, -0.2) is 26.6 Å². The molecular formula is C10H18N4OS. The Hall–Kier alpha value is -0.750. The van der Waals surface area contributed by atoms with Crippen molar-refractivity contribution in [2.24, 2.45) is 18.7 Å². The molecule has 1 fully saturated rings. The van der Waals surface area contributed by atoms with Gasteiger partial charge in [-0.1, -0.05) is 18.2 Å². The fraction of sp³-hybridized carbons (Fsp3) is 0.800. The van der Waals surface area contributed by atoms with Gasteiger partial charge in [0.25, 0.3) is 0 Å². The molecule has 1 aliphatic carbocycles. The highest BCUT2D eigenvalue weighted by atomic mass is 32.2. The number of hydrogen-bond acceptors (Lipinski definition) is 4. The van der Waals surface area contributed by atoms with Gasteiger partial charge in [-0.15, -0.1) is 5.10 Å². The number of nitrogens with zero attached hydrogens (tertiary/aromatic N) is 2. The molecule has 0 aromatic carbocycles. The number of rotatable bonds is 4. The molecule has 2 atom stereocenters. The summed E-state index contributed by atoms with van der Waals surface area (Å²) in [6.07, 6.45) is 4.79. The topological polar surface area (TPSA) is 76.7 Å². The second-order valence-corrected chi connectivity index (χ2v) is 5.42. The molecule has 2 rings (SSSR count). The second kappa shape index (κ2) is 5.05. The summed E-state index contributed by atoms with van der Waals surface area (Å²) in [4.78, 5) is 11.1. The molecule has 2 unspecified atom stereocenters. The first-order valence-electron chi connectivity index (χ1n) is 5.68. The summed E-state index contributed by atoms with van der Waals surface area (Å²) in [6.45, 7) is 0. The first-order chi connectivity index (χ1) is 7.68. The van der Waals surface area contributed by atoms with Crippen LogP contribution < -0.4 is 11.4 Å². The predicted octanol–water partition coefficient (Wildman–Crippen LogP) is 0.718. The van der Waals surface area contributed by atoms with Crippen molar-refractivity contribution in [3.8, 4) is 0 Å². The lowest BCUT2D eigenvalue weighted by Gasteiger charge is -2.13. The van der Waals surface area contributed by atoms with E-state index in [4.69, 9.17) is 5.73 Å². The maximum atomic E-state index is 11.1. The van der Waals surface area contributed by atoms with Gasteiger partial charge in [0, 0.05) is 18.8 Å². The van der Waals surface area contributed by atoms with Gasteiger partial charge < -0.3 is 5.73 Å². The van der Waals surface area contributed by atoms with E-state index in [1.165, 1.54) is 12.8 Å². The first kappa shape index (κ1) is 11.7. The molecule has 0 bridgehead atoms. The van der Waals surface area contributed by atoms with Crippen LogP contribution in [-0.2, 0) is 7.05 Å². The lowest BCUT2D eigenvalue weighted by Crippen LogP contribution is -2.24. The van der Waals surface area contributed by atoms with Crippen LogP contribution >= 0.6 is 11.8 Å². The van der Waals surface area contributed by atoms with Crippen LogP contribution in [0.5, 0.6) is 0 Å². The van der Waals surface area contributed by atoms with Gasteiger partial charge in [0.05, 0.1) is 0 Å². The molecule has 1 aromatic rings. The summed E-state index contributed by atoms with van der Waals surface area (Å²) < 4.78 is 1.54. The molecule has 0 amide bonds. The number of nitrogens with two attached hydrogens (primary N) is 1. The van der Waals surface area contributed by atoms with E-state index in [0.29, 0.717) is 12.0 Å². The van der Waals surface area contributed by atoms with E-state index < -0.39 is 0 Å². The Bertz CT molecular complexity index is 400. The minimum absolute atomic E-state index is 0.153. The van der Waals surface area contributed by atoms with Gasteiger partial charge in [-0.3, -0.25) is 4.57 Å². The third kappa shape index (κ3) is 2.49. The number of thioether (sulfide) groups is 1. The number of nitrogens with one attached hydrogen (secondary N) is 1. The lowest BCUT2D eigenvalue weighted by atomic mass is 10.0. The average molecular weight is 242 g/mol. The van der Waals surface area contributed by atoms with E-state index in [9.17, 15) is 4.79 Å². The SMILES string of the molecule is Cn1c(SCCC2CCCC2N)n[nH]c1=O. The molecule has 1 heterocycles. The predicted molar refractivity (Wildman–Crippen MR) is 64.5 cm³/mol. The van der Waals surface area contributed by atoms with E-state index in [0.717, 1.165) is 23.8 Å². The van der Waals surface area contributed by atoms with Gasteiger partial charge in [0.2, 0.25) is 0 Å². The first-order valence-corrected chi connectivity index (χ1v) is 6.67. The highest BCUT2D eigenvalue weighted by molar-refractivity contribution is 7.99. The summed E-state index contributed by atoms with van der Waals surface area (Å²) in [5.74, 6) is 1.64. The molecule has 90 valence electrons. The number of H-pyrrole nitrogens is 1. The van der Waals surface area contributed by atoms with Gasteiger partial charge in [-0.05, 0) is 25.2 Å². The summed E-state index contributed by atoms with van der Waals surface area (Å²) in [5, 5.41) is 7.15. The van der Waals surface area contributed by atoms with Crippen LogP contribution in [0.4, 0.5) is 0 Å². The van der Waals surface area contributed by atoms with Crippen molar-refractivity contribution in [1.29, 1.82) is 0 Å². The largest absolute Gasteiger partial charge is 0.343 e. The third-order valence-electron chi connectivity index (χ3n) is 3.28. The maximum Gasteiger partial charge on any atom is 0.343 e. The van der Waals surface area contributed by atoms with Crippen LogP contribution in [0.3, 0.4) is 0 Å². The molecule has 0 spiro atoms. The maximum absolute atomic E-state index is 11.1. The molecule has 0 radical (unpaired) electrons. The third-order valence-corrected chi connectivity index (χ3v) is 4.34. The van der Waals surface area contributed by atoms with Gasteiger partial charge in [-0.2, -0.15) is 0 Å². The zero-order valence-corrected chi connectivity index (χ0v) is 10.3. The quantitative estimate of drug-likeness (QED) is 0.763. The van der Waals surface area contributed by atoms with Crippen molar-refractivity contribution in [2.45, 2.75) is 36.9 Å². The molecule has 0 saturated heterocycles. The second-order valence-electron chi connectivity index (χ2n) is 4.36. The smallest absolute Gasteiger partial charge is 0.327 e. The van der Waals surface area contributed by atoms with Crippen LogP contribution in [0, 0.1) is 5.92 Å². The van der Waals surface area contributed by atoms with E-state index >= 15 is 0 Å². The summed E-state index contributed by atoms with van der Waals surface area (Å²) >= 11 is 1.62. The molecule has 3 N–H and O–H groups in total. The molecule has 1 saturated carbocycles. The van der Waals surface area contributed by atoms with Crippen molar-refractivity contribution < 1.29 is 0 Å². The molecule has 1 aliphatic rings. The molecule has 6 heteroatoms. The Morgan fingerprint density at radius 1 is 1.62 bits per heavy atom. The van der Waals surface area contributed by atoms with E-state index in [1.807, 2.05) is 0 Å². The lowest BCUT2D eigenvalue weighted by molar-refractivity contribution is 0.470. The van der Waals surface area contributed by atoms with E-state index in [-0.39, 0.29) is 5.69 Å². The molecule has 5 nitrogen and oxygen atoms in total. The average Bonchev–Trinajstić information content (AvgIpc) is 2.80. The number of aromatic nitrogens is 3. The minimum atomic E-state index is -0.153. The monoisotopic (exact) mass is 242 g/mol. The van der Waals surface area contributed by atoms with Crippen LogP contribution in [0.25, 0.3) is 0 Å².